The first-order chi connectivity index (χ1) is 0. The normalized spacial score (nSPS) is 0. The zero-order valence-electron chi connectivity index (χ0n) is 3.23. The Bertz CT molecular complexity index is 11.5. The van der Waals surface area contributed by atoms with Gasteiger partial charge in [-0.25, -0.2) is 0 Å². The van der Waals surface area contributed by atoms with Crippen molar-refractivity contribution in [1.29, 1.82) is 0 Å². The van der Waals surface area contributed by atoms with Gasteiger partial charge in [0.25, 0.3) is 0 Å². The number of hydrogen-bond donors (Lipinski definition) is 0. The van der Waals surface area contributed by atoms with E-state index in [0.29, 0.717) is 0 Å². The average molecular weight is 138 g/mol. The summed E-state index contributed by atoms with van der Waals surface area (Å²) >= 11 is 0. The average Bonchev–Trinajstić information content (AvgIpc) is 0. The van der Waals surface area contributed by atoms with E-state index in [1.807, 2.05) is 0 Å². The number of hydrogen-bond acceptors (Lipinski definition) is 2. The van der Waals surface area contributed by atoms with Crippen molar-refractivity contribution >= 4 is 17.4 Å². The van der Waals surface area contributed by atoms with Gasteiger partial charge in [0.15, 0.2) is 0 Å². The van der Waals surface area contributed by atoms with E-state index in [1.54, 1.807) is 0 Å². The smallest absolute Gasteiger partial charge is 1.00 e. The minimum absolute atomic E-state index is 0. The first kappa shape index (κ1) is 101. The summed E-state index contributed by atoms with van der Waals surface area (Å²) in [5.74, 6) is 0. The zero-order valence-corrected chi connectivity index (χ0v) is 7.51. The Hall–Kier alpha value is 1.95. The molecule has 0 aromatic carbocycles. The maximum atomic E-state index is 0. The minimum atomic E-state index is 0. The molecule has 0 bridgehead atoms. The Labute approximate surface area is 87.6 Å². The molecular weight excluding hydrogens is 136 g/mol. The van der Waals surface area contributed by atoms with Crippen molar-refractivity contribution in [2.24, 2.45) is 0 Å². The zero-order chi connectivity index (χ0) is 0. The van der Waals surface area contributed by atoms with E-state index in [-0.39, 0.29) is 89.1 Å². The molecule has 6 heteroatoms. The van der Waals surface area contributed by atoms with Crippen molar-refractivity contribution < 1.29 is 71.7 Å². The van der Waals surface area contributed by atoms with E-state index in [9.17, 15) is 0 Å². The summed E-state index contributed by atoms with van der Waals surface area (Å²) in [6, 6.07) is 0. The van der Waals surface area contributed by atoms with Crippen LogP contribution in [0.4, 0.5) is 0 Å². The number of halogens is 2. The van der Waals surface area contributed by atoms with Gasteiger partial charge in [0.1, 0.15) is 0 Å². The van der Waals surface area contributed by atoms with E-state index < -0.39 is 0 Å². The Morgan fingerprint density at radius 1 is 0.667 bits per heavy atom. The van der Waals surface area contributed by atoms with Gasteiger partial charge in [-0.05, 0) is 0 Å². The van der Waals surface area contributed by atoms with Crippen LogP contribution in [-0.4, -0.2) is 28.3 Å². The monoisotopic (exact) mass is 138 g/mol. The number of rotatable bonds is 0. The third kappa shape index (κ3) is 38.4. The predicted molar refractivity (Wildman–Crippen MR) is 9.63 cm³/mol. The van der Waals surface area contributed by atoms with Crippen molar-refractivity contribution in [2.75, 3.05) is 0 Å². The van der Waals surface area contributed by atoms with Gasteiger partial charge < -0.3 is 20.4 Å². The molecule has 0 heterocycles. The van der Waals surface area contributed by atoms with Crippen molar-refractivity contribution in [3.8, 4) is 0 Å². The van der Waals surface area contributed by atoms with Gasteiger partial charge in [-0.2, -0.15) is 0 Å². The van der Waals surface area contributed by atoms with Crippen molar-refractivity contribution in [2.45, 2.75) is 0 Å². The van der Waals surface area contributed by atoms with E-state index in [2.05, 4.69) is 0 Å². The Kier molecular flexibility index (Phi) is 1090. The van der Waals surface area contributed by atoms with Gasteiger partial charge in [-0.3, -0.25) is 0 Å². The van der Waals surface area contributed by atoms with E-state index >= 15 is 0 Å². The molecule has 6 heavy (non-hydrogen) atoms. The molecule has 0 spiro atoms. The van der Waals surface area contributed by atoms with Gasteiger partial charge >= 0.3 is 68.7 Å². The van der Waals surface area contributed by atoms with Gasteiger partial charge in [0, 0.05) is 0 Å². The second-order valence-electron chi connectivity index (χ2n) is 0. The van der Waals surface area contributed by atoms with Crippen LogP contribution in [0, 0.1) is 0 Å². The standard InChI is InChI=1S/Al.2FH.K.2H2O/h;2*1H;;2*1H2/q+3;;;+1;;/p-4. The molecule has 0 aliphatic rings. The van der Waals surface area contributed by atoms with E-state index in [0.717, 1.165) is 0 Å². The van der Waals surface area contributed by atoms with Crippen molar-refractivity contribution in [1.82, 2.24) is 0 Å². The summed E-state index contributed by atoms with van der Waals surface area (Å²) in [5.41, 5.74) is 0. The minimum Gasteiger partial charge on any atom is -1.00 e. The van der Waals surface area contributed by atoms with E-state index in [1.165, 1.54) is 0 Å². The molecule has 2 N–H and O–H groups in total. The fraction of sp³-hybridized carbons (Fsp3) is 0. The van der Waals surface area contributed by atoms with Gasteiger partial charge in [0.2, 0.25) is 0 Å². The molecule has 2 nitrogen and oxygen atoms in total. The fourth-order valence-electron chi connectivity index (χ4n) is 0. The molecule has 0 unspecified atom stereocenters. The summed E-state index contributed by atoms with van der Waals surface area (Å²) in [6.07, 6.45) is 0. The molecular formula is H2AlF2KO2. The van der Waals surface area contributed by atoms with Crippen LogP contribution in [0.25, 0.3) is 0 Å². The maximum absolute atomic E-state index is 0. The summed E-state index contributed by atoms with van der Waals surface area (Å²) in [7, 11) is 0. The third-order valence-corrected chi connectivity index (χ3v) is 0. The van der Waals surface area contributed by atoms with Gasteiger partial charge in [-0.1, -0.05) is 0 Å². The largest absolute Gasteiger partial charge is 3.00 e. The second kappa shape index (κ2) is 64.7. The second-order valence-corrected chi connectivity index (χ2v) is 0. The van der Waals surface area contributed by atoms with E-state index in [4.69, 9.17) is 0 Å². The van der Waals surface area contributed by atoms with Crippen LogP contribution in [0.5, 0.6) is 0 Å². The Morgan fingerprint density at radius 2 is 0.667 bits per heavy atom. The van der Waals surface area contributed by atoms with Crippen LogP contribution >= 0.6 is 0 Å². The maximum Gasteiger partial charge on any atom is 3.00 e. The molecule has 0 atom stereocenters. The third-order valence-electron chi connectivity index (χ3n) is 0. The van der Waals surface area contributed by atoms with Crippen LogP contribution in [0.3, 0.4) is 0 Å². The van der Waals surface area contributed by atoms with Crippen LogP contribution in [0.15, 0.2) is 0 Å². The van der Waals surface area contributed by atoms with Crippen molar-refractivity contribution in [3.63, 3.8) is 0 Å². The molecule has 0 rings (SSSR count). The van der Waals surface area contributed by atoms with Gasteiger partial charge in [-0.15, -0.1) is 0 Å². The van der Waals surface area contributed by atoms with Crippen LogP contribution in [0.2, 0.25) is 0 Å². The Balaban J connectivity index is 0. The Morgan fingerprint density at radius 3 is 0.667 bits per heavy atom. The van der Waals surface area contributed by atoms with Crippen molar-refractivity contribution in [3.05, 3.63) is 0 Å². The summed E-state index contributed by atoms with van der Waals surface area (Å²) in [4.78, 5) is 0. The molecule has 0 radical (unpaired) electrons. The predicted octanol–water partition coefficient (Wildman–Crippen LogP) is -9.72. The molecule has 0 aromatic rings. The molecule has 0 fully saturated rings. The van der Waals surface area contributed by atoms with Crippen LogP contribution in [0.1, 0.15) is 0 Å². The fourth-order valence-corrected chi connectivity index (χ4v) is 0. The van der Waals surface area contributed by atoms with Gasteiger partial charge in [0.05, 0.1) is 0 Å². The molecule has 0 aliphatic heterocycles. The molecule has 0 amide bonds. The molecule has 0 aromatic heterocycles. The topological polar surface area (TPSA) is 60.0 Å². The quantitative estimate of drug-likeness (QED) is 0.312. The molecule has 0 saturated heterocycles. The first-order valence-corrected chi connectivity index (χ1v) is 0. The van der Waals surface area contributed by atoms with Crippen LogP contribution in [-0.2, 0) is 0 Å². The first-order valence-electron chi connectivity index (χ1n) is 0. The van der Waals surface area contributed by atoms with Crippen LogP contribution < -0.4 is 60.8 Å². The summed E-state index contributed by atoms with van der Waals surface area (Å²) in [5, 5.41) is 0. The molecule has 0 aliphatic carbocycles. The summed E-state index contributed by atoms with van der Waals surface area (Å²) in [6.45, 7) is 0. The molecule has 32 valence electrons. The SMILES string of the molecule is [Al+3].[F-].[F-].[K+].[OH-].[OH-]. The molecule has 0 saturated carbocycles. The summed E-state index contributed by atoms with van der Waals surface area (Å²) < 4.78 is 0.